The first-order valence-electron chi connectivity index (χ1n) is 8.37. The molecule has 0 aromatic heterocycles. The second kappa shape index (κ2) is 7.87. The molecule has 0 spiro atoms. The first-order valence-corrected chi connectivity index (χ1v) is 8.37. The van der Waals surface area contributed by atoms with Gasteiger partial charge in [-0.2, -0.15) is 0 Å². The Hall–Kier alpha value is -3.75. The lowest BCUT2D eigenvalue weighted by Gasteiger charge is -2.13. The highest BCUT2D eigenvalue weighted by Gasteiger charge is 2.41. The van der Waals surface area contributed by atoms with Crippen molar-refractivity contribution in [3.05, 3.63) is 69.3 Å². The van der Waals surface area contributed by atoms with Crippen molar-refractivity contribution < 1.29 is 28.8 Å². The Balaban J connectivity index is 1.56. The molecule has 1 aliphatic heterocycles. The number of hydrogen-bond donors (Lipinski definition) is 0. The summed E-state index contributed by atoms with van der Waals surface area (Å²) in [6.07, 6.45) is 0. The summed E-state index contributed by atoms with van der Waals surface area (Å²) in [5, 5.41) is 11.1. The van der Waals surface area contributed by atoms with E-state index in [1.54, 1.807) is 6.07 Å². The van der Waals surface area contributed by atoms with Gasteiger partial charge < -0.3 is 9.47 Å². The van der Waals surface area contributed by atoms with E-state index in [0.717, 1.165) is 11.6 Å². The van der Waals surface area contributed by atoms with Crippen molar-refractivity contribution in [1.29, 1.82) is 0 Å². The first-order chi connectivity index (χ1) is 13.4. The van der Waals surface area contributed by atoms with Crippen LogP contribution in [0.5, 0.6) is 5.75 Å². The molecule has 2 aromatic rings. The molecule has 0 radical (unpaired) electrons. The standard InChI is InChI=1S/C19H16N2O7/c1-12-4-2-5-13(10-12)27-8-9-28-16(22)11-20-18(23)14-6-3-7-15(21(25)26)17(14)19(20)24/h2-7,10H,8-9,11H2,1H3. The summed E-state index contributed by atoms with van der Waals surface area (Å²) in [4.78, 5) is 47.6. The molecule has 0 bridgehead atoms. The average Bonchev–Trinajstić information content (AvgIpc) is 2.90. The number of esters is 1. The molecule has 0 atom stereocenters. The van der Waals surface area contributed by atoms with Gasteiger partial charge in [-0.05, 0) is 30.7 Å². The van der Waals surface area contributed by atoms with Crippen LogP contribution in [0.3, 0.4) is 0 Å². The number of nitro benzene ring substituents is 1. The maximum Gasteiger partial charge on any atom is 0.326 e. The number of amides is 2. The van der Waals surface area contributed by atoms with Gasteiger partial charge in [-0.3, -0.25) is 29.4 Å². The molecule has 0 saturated carbocycles. The van der Waals surface area contributed by atoms with E-state index in [0.29, 0.717) is 10.6 Å². The second-order valence-electron chi connectivity index (χ2n) is 6.04. The lowest BCUT2D eigenvalue weighted by Crippen LogP contribution is -2.36. The Bertz CT molecular complexity index is 971. The van der Waals surface area contributed by atoms with Crippen LogP contribution < -0.4 is 4.74 Å². The van der Waals surface area contributed by atoms with E-state index in [4.69, 9.17) is 9.47 Å². The maximum atomic E-state index is 12.4. The minimum absolute atomic E-state index is 0.0733. The molecule has 0 unspecified atom stereocenters. The van der Waals surface area contributed by atoms with Crippen LogP contribution in [-0.4, -0.2) is 47.4 Å². The smallest absolute Gasteiger partial charge is 0.326 e. The molecule has 9 heteroatoms. The summed E-state index contributed by atoms with van der Waals surface area (Å²) in [6, 6.07) is 11.1. The predicted octanol–water partition coefficient (Wildman–Crippen LogP) is 2.12. The van der Waals surface area contributed by atoms with Gasteiger partial charge in [-0.25, -0.2) is 0 Å². The van der Waals surface area contributed by atoms with E-state index in [9.17, 15) is 24.5 Å². The normalized spacial score (nSPS) is 12.7. The van der Waals surface area contributed by atoms with Crippen molar-refractivity contribution in [2.45, 2.75) is 6.92 Å². The van der Waals surface area contributed by atoms with Crippen LogP contribution in [-0.2, 0) is 9.53 Å². The average molecular weight is 384 g/mol. The second-order valence-corrected chi connectivity index (χ2v) is 6.04. The third-order valence-corrected chi connectivity index (χ3v) is 4.07. The van der Waals surface area contributed by atoms with Crippen molar-refractivity contribution in [3.8, 4) is 5.75 Å². The van der Waals surface area contributed by atoms with Gasteiger partial charge in [-0.1, -0.05) is 18.2 Å². The molecule has 144 valence electrons. The van der Waals surface area contributed by atoms with Gasteiger partial charge in [-0.15, -0.1) is 0 Å². The zero-order valence-electron chi connectivity index (χ0n) is 14.9. The number of imide groups is 1. The van der Waals surface area contributed by atoms with Crippen molar-refractivity contribution in [1.82, 2.24) is 4.90 Å². The van der Waals surface area contributed by atoms with E-state index in [-0.39, 0.29) is 24.3 Å². The van der Waals surface area contributed by atoms with E-state index in [2.05, 4.69) is 0 Å². The molecule has 28 heavy (non-hydrogen) atoms. The number of fused-ring (bicyclic) bond motifs is 1. The third kappa shape index (κ3) is 3.83. The molecule has 2 aromatic carbocycles. The van der Waals surface area contributed by atoms with E-state index >= 15 is 0 Å². The molecule has 0 saturated heterocycles. The fourth-order valence-corrected chi connectivity index (χ4v) is 2.81. The van der Waals surface area contributed by atoms with Crippen LogP contribution >= 0.6 is 0 Å². The van der Waals surface area contributed by atoms with Crippen molar-refractivity contribution in [2.75, 3.05) is 19.8 Å². The maximum absolute atomic E-state index is 12.4. The van der Waals surface area contributed by atoms with Gasteiger partial charge in [0.25, 0.3) is 17.5 Å². The SMILES string of the molecule is Cc1cccc(OCCOC(=O)CN2C(=O)c3cccc([N+](=O)[O-])c3C2=O)c1. The van der Waals surface area contributed by atoms with Crippen LogP contribution in [0.25, 0.3) is 0 Å². The molecule has 9 nitrogen and oxygen atoms in total. The quantitative estimate of drug-likeness (QED) is 0.236. The van der Waals surface area contributed by atoms with Crippen molar-refractivity contribution in [3.63, 3.8) is 0 Å². The van der Waals surface area contributed by atoms with E-state index in [1.807, 2.05) is 25.1 Å². The number of carbonyl (C=O) groups is 3. The Morgan fingerprint density at radius 2 is 1.86 bits per heavy atom. The van der Waals surface area contributed by atoms with Gasteiger partial charge in [0.2, 0.25) is 0 Å². The van der Waals surface area contributed by atoms with Crippen LogP contribution in [0.4, 0.5) is 5.69 Å². The molecule has 3 rings (SSSR count). The number of nitrogens with zero attached hydrogens (tertiary/aromatic N) is 2. The van der Waals surface area contributed by atoms with Crippen LogP contribution in [0, 0.1) is 17.0 Å². The minimum atomic E-state index is -0.889. The predicted molar refractivity (Wildman–Crippen MR) is 96.1 cm³/mol. The van der Waals surface area contributed by atoms with Crippen LogP contribution in [0.1, 0.15) is 26.3 Å². The molecule has 2 amide bonds. The van der Waals surface area contributed by atoms with E-state index < -0.39 is 34.9 Å². The monoisotopic (exact) mass is 384 g/mol. The fourth-order valence-electron chi connectivity index (χ4n) is 2.81. The number of aryl methyl sites for hydroxylation is 1. The van der Waals surface area contributed by atoms with Gasteiger partial charge in [0, 0.05) is 6.07 Å². The summed E-state index contributed by atoms with van der Waals surface area (Å²) in [6.45, 7) is 1.31. The molecule has 1 aliphatic rings. The number of nitro groups is 1. The zero-order chi connectivity index (χ0) is 20.3. The van der Waals surface area contributed by atoms with Crippen LogP contribution in [0.15, 0.2) is 42.5 Å². The first kappa shape index (κ1) is 19.0. The topological polar surface area (TPSA) is 116 Å². The van der Waals surface area contributed by atoms with Crippen molar-refractivity contribution >= 4 is 23.5 Å². The Morgan fingerprint density at radius 1 is 1.11 bits per heavy atom. The highest BCUT2D eigenvalue weighted by molar-refractivity contribution is 6.24. The molecule has 0 fully saturated rings. The van der Waals surface area contributed by atoms with Gasteiger partial charge in [0.05, 0.1) is 10.5 Å². The van der Waals surface area contributed by atoms with Gasteiger partial charge >= 0.3 is 5.97 Å². The molecular formula is C19H16N2O7. The molecule has 0 N–H and O–H groups in total. The number of benzene rings is 2. The fraction of sp³-hybridized carbons (Fsp3) is 0.211. The zero-order valence-corrected chi connectivity index (χ0v) is 14.9. The summed E-state index contributed by atoms with van der Waals surface area (Å²) in [5.41, 5.74) is 0.135. The Morgan fingerprint density at radius 3 is 2.57 bits per heavy atom. The number of carbonyl (C=O) groups excluding carboxylic acids is 3. The molecular weight excluding hydrogens is 368 g/mol. The largest absolute Gasteiger partial charge is 0.490 e. The van der Waals surface area contributed by atoms with E-state index in [1.165, 1.54) is 12.1 Å². The lowest BCUT2D eigenvalue weighted by molar-refractivity contribution is -0.385. The number of rotatable bonds is 7. The van der Waals surface area contributed by atoms with Gasteiger partial charge in [0.15, 0.2) is 0 Å². The van der Waals surface area contributed by atoms with Crippen molar-refractivity contribution in [2.24, 2.45) is 0 Å². The summed E-state index contributed by atoms with van der Waals surface area (Å²) in [7, 11) is 0. The number of hydrogen-bond acceptors (Lipinski definition) is 7. The third-order valence-electron chi connectivity index (χ3n) is 4.07. The summed E-state index contributed by atoms with van der Waals surface area (Å²) < 4.78 is 10.4. The van der Waals surface area contributed by atoms with Gasteiger partial charge in [0.1, 0.15) is 31.1 Å². The lowest BCUT2D eigenvalue weighted by atomic mass is 10.1. The Labute approximate surface area is 159 Å². The highest BCUT2D eigenvalue weighted by Crippen LogP contribution is 2.30. The highest BCUT2D eigenvalue weighted by atomic mass is 16.6. The molecule has 1 heterocycles. The molecule has 0 aliphatic carbocycles. The summed E-state index contributed by atoms with van der Waals surface area (Å²) >= 11 is 0. The summed E-state index contributed by atoms with van der Waals surface area (Å²) in [5.74, 6) is -1.84. The minimum Gasteiger partial charge on any atom is -0.490 e. The Kier molecular flexibility index (Phi) is 5.35. The van der Waals surface area contributed by atoms with Crippen LogP contribution in [0.2, 0.25) is 0 Å². The number of ether oxygens (including phenoxy) is 2.